The lowest BCUT2D eigenvalue weighted by molar-refractivity contribution is -0.384. The lowest BCUT2D eigenvalue weighted by atomic mass is 10.1. The van der Waals surface area contributed by atoms with E-state index in [1.54, 1.807) is 13.2 Å². The highest BCUT2D eigenvalue weighted by atomic mass is 16.6. The molecule has 1 fully saturated rings. The average Bonchev–Trinajstić information content (AvgIpc) is 3.37. The first kappa shape index (κ1) is 16.1. The summed E-state index contributed by atoms with van der Waals surface area (Å²) >= 11 is 0. The van der Waals surface area contributed by atoms with Gasteiger partial charge in [0, 0.05) is 18.1 Å². The number of aromatic amines is 1. The number of aromatic nitrogens is 2. The SMILES string of the molecule is COc1cccc([C@@H]2C[C@@H]2C(=O)Nc2n[nH]c3ccc([N+](=O)[O-])cc23)c1. The summed E-state index contributed by atoms with van der Waals surface area (Å²) in [6, 6.07) is 12.1. The fraction of sp³-hybridized carbons (Fsp3) is 0.222. The topological polar surface area (TPSA) is 110 Å². The number of nitrogens with zero attached hydrogens (tertiary/aromatic N) is 2. The van der Waals surface area contributed by atoms with Crippen LogP contribution in [0.4, 0.5) is 11.5 Å². The van der Waals surface area contributed by atoms with Crippen molar-refractivity contribution < 1.29 is 14.5 Å². The number of fused-ring (bicyclic) bond motifs is 1. The normalized spacial score (nSPS) is 18.5. The van der Waals surface area contributed by atoms with E-state index in [0.717, 1.165) is 17.7 Å². The molecule has 2 aromatic carbocycles. The molecule has 8 nitrogen and oxygen atoms in total. The zero-order valence-electron chi connectivity index (χ0n) is 13.9. The summed E-state index contributed by atoms with van der Waals surface area (Å²) in [6.07, 6.45) is 0.751. The molecule has 1 heterocycles. The van der Waals surface area contributed by atoms with E-state index in [1.807, 2.05) is 24.3 Å². The van der Waals surface area contributed by atoms with Crippen molar-refractivity contribution in [3.05, 3.63) is 58.1 Å². The standard InChI is InChI=1S/C18H16N4O4/c1-26-12-4-2-3-10(7-12)13-9-14(13)18(23)19-17-15-8-11(22(24)25)5-6-16(15)20-21-17/h2-8,13-14H,9H2,1H3,(H2,19,20,21,23)/t13-,14-/m0/s1. The molecular formula is C18H16N4O4. The smallest absolute Gasteiger partial charge is 0.270 e. The molecule has 0 unspecified atom stereocenters. The number of carbonyl (C=O) groups is 1. The van der Waals surface area contributed by atoms with Gasteiger partial charge in [0.25, 0.3) is 5.69 Å². The second-order valence-electron chi connectivity index (χ2n) is 6.27. The van der Waals surface area contributed by atoms with Gasteiger partial charge in [-0.15, -0.1) is 0 Å². The van der Waals surface area contributed by atoms with E-state index in [4.69, 9.17) is 4.74 Å². The van der Waals surface area contributed by atoms with Gasteiger partial charge in [0.1, 0.15) is 5.75 Å². The number of hydrogen-bond acceptors (Lipinski definition) is 5. The van der Waals surface area contributed by atoms with Crippen LogP contribution in [0, 0.1) is 16.0 Å². The minimum Gasteiger partial charge on any atom is -0.497 e. The Kier molecular flexibility index (Phi) is 3.80. The van der Waals surface area contributed by atoms with Crippen LogP contribution in [0.3, 0.4) is 0 Å². The van der Waals surface area contributed by atoms with Crippen LogP contribution in [0.5, 0.6) is 5.75 Å². The van der Waals surface area contributed by atoms with Gasteiger partial charge in [-0.25, -0.2) is 0 Å². The number of methoxy groups -OCH3 is 1. The third-order valence-electron chi connectivity index (χ3n) is 4.65. The van der Waals surface area contributed by atoms with E-state index >= 15 is 0 Å². The molecule has 0 spiro atoms. The summed E-state index contributed by atoms with van der Waals surface area (Å²) in [6.45, 7) is 0. The molecule has 1 aliphatic rings. The van der Waals surface area contributed by atoms with Gasteiger partial charge in [0.2, 0.25) is 5.91 Å². The predicted molar refractivity (Wildman–Crippen MR) is 95.2 cm³/mol. The molecule has 2 N–H and O–H groups in total. The Morgan fingerprint density at radius 2 is 2.19 bits per heavy atom. The summed E-state index contributed by atoms with van der Waals surface area (Å²) in [5.74, 6) is 0.930. The maximum absolute atomic E-state index is 12.5. The molecule has 2 atom stereocenters. The van der Waals surface area contributed by atoms with Crippen molar-refractivity contribution >= 4 is 28.3 Å². The van der Waals surface area contributed by atoms with E-state index in [-0.39, 0.29) is 23.4 Å². The van der Waals surface area contributed by atoms with Crippen molar-refractivity contribution in [2.24, 2.45) is 5.92 Å². The van der Waals surface area contributed by atoms with E-state index in [0.29, 0.717) is 16.7 Å². The predicted octanol–water partition coefficient (Wildman–Crippen LogP) is 3.22. The van der Waals surface area contributed by atoms with Crippen LogP contribution in [-0.2, 0) is 4.79 Å². The fourth-order valence-electron chi connectivity index (χ4n) is 3.15. The summed E-state index contributed by atoms with van der Waals surface area (Å²) in [7, 11) is 1.61. The lowest BCUT2D eigenvalue weighted by Gasteiger charge is -2.05. The molecular weight excluding hydrogens is 336 g/mol. The summed E-state index contributed by atoms with van der Waals surface area (Å²) < 4.78 is 5.22. The Hall–Kier alpha value is -3.42. The van der Waals surface area contributed by atoms with Crippen LogP contribution in [-0.4, -0.2) is 28.1 Å². The number of nitrogens with one attached hydrogen (secondary N) is 2. The molecule has 1 aromatic heterocycles. The quantitative estimate of drug-likeness (QED) is 0.541. The molecule has 4 rings (SSSR count). The number of benzene rings is 2. The highest BCUT2D eigenvalue weighted by Gasteiger charge is 2.44. The van der Waals surface area contributed by atoms with Crippen LogP contribution in [0.15, 0.2) is 42.5 Å². The van der Waals surface area contributed by atoms with E-state index in [2.05, 4.69) is 15.5 Å². The number of nitro benzene ring substituents is 1. The molecule has 1 amide bonds. The lowest BCUT2D eigenvalue weighted by Crippen LogP contribution is -2.15. The van der Waals surface area contributed by atoms with E-state index < -0.39 is 4.92 Å². The Balaban J connectivity index is 1.51. The molecule has 0 bridgehead atoms. The molecule has 0 saturated heterocycles. The molecule has 1 aliphatic carbocycles. The van der Waals surface area contributed by atoms with E-state index in [9.17, 15) is 14.9 Å². The van der Waals surface area contributed by atoms with Gasteiger partial charge in [0.05, 0.1) is 22.9 Å². The number of hydrogen-bond donors (Lipinski definition) is 2. The number of nitro groups is 1. The van der Waals surface area contributed by atoms with Gasteiger partial charge in [-0.1, -0.05) is 12.1 Å². The second kappa shape index (κ2) is 6.14. The number of anilines is 1. The van der Waals surface area contributed by atoms with Crippen molar-refractivity contribution in [2.75, 3.05) is 12.4 Å². The minimum atomic E-state index is -0.474. The fourth-order valence-corrected chi connectivity index (χ4v) is 3.15. The van der Waals surface area contributed by atoms with Crippen LogP contribution in [0.25, 0.3) is 10.9 Å². The second-order valence-corrected chi connectivity index (χ2v) is 6.27. The number of ether oxygens (including phenoxy) is 1. The molecule has 132 valence electrons. The maximum Gasteiger partial charge on any atom is 0.270 e. The first-order valence-electron chi connectivity index (χ1n) is 8.14. The van der Waals surface area contributed by atoms with Crippen LogP contribution in [0.2, 0.25) is 0 Å². The molecule has 26 heavy (non-hydrogen) atoms. The zero-order valence-corrected chi connectivity index (χ0v) is 13.9. The molecule has 1 saturated carbocycles. The molecule has 3 aromatic rings. The number of amides is 1. The highest BCUT2D eigenvalue weighted by molar-refractivity contribution is 6.02. The first-order valence-corrected chi connectivity index (χ1v) is 8.14. The summed E-state index contributed by atoms with van der Waals surface area (Å²) in [4.78, 5) is 23.0. The Morgan fingerprint density at radius 1 is 1.35 bits per heavy atom. The average molecular weight is 352 g/mol. The highest BCUT2D eigenvalue weighted by Crippen LogP contribution is 2.48. The maximum atomic E-state index is 12.5. The third kappa shape index (κ3) is 2.85. The molecule has 0 aliphatic heterocycles. The van der Waals surface area contributed by atoms with Gasteiger partial charge in [-0.3, -0.25) is 20.0 Å². The largest absolute Gasteiger partial charge is 0.497 e. The third-order valence-corrected chi connectivity index (χ3v) is 4.65. The Labute approximate surface area is 148 Å². The van der Waals surface area contributed by atoms with Crippen molar-refractivity contribution in [3.63, 3.8) is 0 Å². The van der Waals surface area contributed by atoms with Crippen molar-refractivity contribution in [2.45, 2.75) is 12.3 Å². The van der Waals surface area contributed by atoms with Crippen molar-refractivity contribution in [1.29, 1.82) is 0 Å². The van der Waals surface area contributed by atoms with Crippen molar-refractivity contribution in [3.8, 4) is 5.75 Å². The minimum absolute atomic E-state index is 0.0462. The molecule has 0 radical (unpaired) electrons. The van der Waals surface area contributed by atoms with Crippen LogP contribution >= 0.6 is 0 Å². The number of H-pyrrole nitrogens is 1. The first-order chi connectivity index (χ1) is 12.6. The number of rotatable bonds is 5. The van der Waals surface area contributed by atoms with Gasteiger partial charge in [-0.2, -0.15) is 5.10 Å². The summed E-state index contributed by atoms with van der Waals surface area (Å²) in [5.41, 5.74) is 1.65. The zero-order chi connectivity index (χ0) is 18.3. The number of non-ortho nitro benzene ring substituents is 1. The van der Waals surface area contributed by atoms with Gasteiger partial charge in [0.15, 0.2) is 5.82 Å². The Bertz CT molecular complexity index is 1010. The van der Waals surface area contributed by atoms with Crippen LogP contribution < -0.4 is 10.1 Å². The van der Waals surface area contributed by atoms with Gasteiger partial charge >= 0.3 is 0 Å². The van der Waals surface area contributed by atoms with Gasteiger partial charge in [-0.05, 0) is 36.1 Å². The van der Waals surface area contributed by atoms with Crippen molar-refractivity contribution in [1.82, 2.24) is 10.2 Å². The van der Waals surface area contributed by atoms with Gasteiger partial charge < -0.3 is 10.1 Å². The Morgan fingerprint density at radius 3 is 2.96 bits per heavy atom. The van der Waals surface area contributed by atoms with Crippen LogP contribution in [0.1, 0.15) is 17.9 Å². The summed E-state index contributed by atoms with van der Waals surface area (Å²) in [5, 5.41) is 21.1. The molecule has 8 heteroatoms. The number of carbonyl (C=O) groups excluding carboxylic acids is 1. The monoisotopic (exact) mass is 352 g/mol. The van der Waals surface area contributed by atoms with E-state index in [1.165, 1.54) is 12.1 Å².